The van der Waals surface area contributed by atoms with E-state index < -0.39 is 32.9 Å². The number of Topliss-reactive ketones (excluding diaryl/α,β-unsaturated/α-hetero) is 1. The Morgan fingerprint density at radius 2 is 1.92 bits per heavy atom. The van der Waals surface area contributed by atoms with Crippen molar-refractivity contribution < 1.29 is 22.5 Å². The van der Waals surface area contributed by atoms with E-state index in [4.69, 9.17) is 21.6 Å². The van der Waals surface area contributed by atoms with E-state index in [1.807, 2.05) is 0 Å². The normalized spacial score (nSPS) is 18.8. The SMILES string of the molecule is N#CN=S1(=O)CC(=O)c2c1ccc(Oc1cc(F)cc(F)c1)c2Cl. The summed E-state index contributed by atoms with van der Waals surface area (Å²) in [5.74, 6) is -2.86. The highest BCUT2D eigenvalue weighted by Gasteiger charge is 2.35. The van der Waals surface area contributed by atoms with Crippen LogP contribution in [0.25, 0.3) is 0 Å². The minimum Gasteiger partial charge on any atom is -0.456 e. The molecule has 24 heavy (non-hydrogen) atoms. The van der Waals surface area contributed by atoms with Gasteiger partial charge in [-0.2, -0.15) is 5.26 Å². The molecule has 0 N–H and O–H groups in total. The van der Waals surface area contributed by atoms with E-state index in [2.05, 4.69) is 4.36 Å². The molecule has 0 saturated carbocycles. The molecule has 1 heterocycles. The second kappa shape index (κ2) is 5.85. The molecule has 9 heteroatoms. The van der Waals surface area contributed by atoms with E-state index in [9.17, 15) is 17.8 Å². The van der Waals surface area contributed by atoms with Crippen LogP contribution in [0.4, 0.5) is 8.78 Å². The number of nitrogens with zero attached hydrogens (tertiary/aromatic N) is 2. The highest BCUT2D eigenvalue weighted by atomic mass is 35.5. The lowest BCUT2D eigenvalue weighted by atomic mass is 10.1. The Kier molecular flexibility index (Phi) is 3.99. The lowest BCUT2D eigenvalue weighted by Gasteiger charge is -2.10. The van der Waals surface area contributed by atoms with Gasteiger partial charge in [-0.15, -0.1) is 4.36 Å². The Balaban J connectivity index is 2.10. The van der Waals surface area contributed by atoms with Crippen molar-refractivity contribution in [1.82, 2.24) is 0 Å². The summed E-state index contributed by atoms with van der Waals surface area (Å²) in [7, 11) is -3.18. The van der Waals surface area contributed by atoms with Gasteiger partial charge in [-0.25, -0.2) is 13.0 Å². The van der Waals surface area contributed by atoms with E-state index in [-0.39, 0.29) is 27.0 Å². The predicted molar refractivity (Wildman–Crippen MR) is 81.5 cm³/mol. The zero-order valence-corrected chi connectivity index (χ0v) is 13.3. The maximum absolute atomic E-state index is 13.2. The number of benzene rings is 2. The maximum atomic E-state index is 13.2. The number of carbonyl (C=O) groups is 1. The van der Waals surface area contributed by atoms with Crippen molar-refractivity contribution in [1.29, 1.82) is 5.26 Å². The molecule has 2 aromatic rings. The fourth-order valence-corrected chi connectivity index (χ4v) is 4.46. The predicted octanol–water partition coefficient (Wildman–Crippen LogP) is 3.91. The number of nitriles is 1. The van der Waals surface area contributed by atoms with Crippen LogP contribution in [0.1, 0.15) is 10.4 Å². The summed E-state index contributed by atoms with van der Waals surface area (Å²) >= 11 is 6.12. The third-order valence-corrected chi connectivity index (χ3v) is 5.70. The van der Waals surface area contributed by atoms with Crippen LogP contribution in [0.2, 0.25) is 5.02 Å². The molecular weight excluding hydrogens is 362 g/mol. The van der Waals surface area contributed by atoms with Crippen LogP contribution < -0.4 is 4.74 Å². The van der Waals surface area contributed by atoms with Crippen molar-refractivity contribution in [2.75, 3.05) is 5.75 Å². The van der Waals surface area contributed by atoms with Gasteiger partial charge in [0.25, 0.3) is 0 Å². The lowest BCUT2D eigenvalue weighted by molar-refractivity contribution is 0.102. The first-order valence-corrected chi connectivity index (χ1v) is 8.53. The van der Waals surface area contributed by atoms with Gasteiger partial charge < -0.3 is 4.74 Å². The Morgan fingerprint density at radius 3 is 2.54 bits per heavy atom. The first kappa shape index (κ1) is 16.4. The summed E-state index contributed by atoms with van der Waals surface area (Å²) in [4.78, 5) is 12.1. The third kappa shape index (κ3) is 2.72. The molecule has 5 nitrogen and oxygen atoms in total. The number of hydrogen-bond donors (Lipinski definition) is 0. The number of ether oxygens (including phenoxy) is 1. The topological polar surface area (TPSA) is 79.5 Å². The zero-order valence-electron chi connectivity index (χ0n) is 11.8. The average Bonchev–Trinajstić information content (AvgIpc) is 2.73. The number of rotatable bonds is 2. The summed E-state index contributed by atoms with van der Waals surface area (Å²) in [5.41, 5.74) is -0.0601. The van der Waals surface area contributed by atoms with Crippen molar-refractivity contribution in [3.05, 3.63) is 52.6 Å². The molecule has 2 aromatic carbocycles. The van der Waals surface area contributed by atoms with Crippen LogP contribution in [0, 0.1) is 23.1 Å². The molecule has 3 rings (SSSR count). The van der Waals surface area contributed by atoms with Crippen LogP contribution in [0.5, 0.6) is 11.5 Å². The molecule has 1 aliphatic rings. The number of carbonyl (C=O) groups excluding carboxylic acids is 1. The molecule has 1 aliphatic heterocycles. The number of ketones is 1. The van der Waals surface area contributed by atoms with E-state index in [0.717, 1.165) is 12.1 Å². The average molecular weight is 369 g/mol. The van der Waals surface area contributed by atoms with Gasteiger partial charge in [-0.05, 0) is 12.1 Å². The maximum Gasteiger partial charge on any atom is 0.214 e. The van der Waals surface area contributed by atoms with Crippen molar-refractivity contribution in [2.45, 2.75) is 4.90 Å². The highest BCUT2D eigenvalue weighted by molar-refractivity contribution is 7.95. The Bertz CT molecular complexity index is 1020. The van der Waals surface area contributed by atoms with E-state index in [1.54, 1.807) is 0 Å². The van der Waals surface area contributed by atoms with Gasteiger partial charge >= 0.3 is 0 Å². The minimum absolute atomic E-state index is 0.0330. The summed E-state index contributed by atoms with van der Waals surface area (Å²) < 4.78 is 47.6. The molecule has 0 spiro atoms. The van der Waals surface area contributed by atoms with E-state index in [1.165, 1.54) is 18.3 Å². The molecule has 1 unspecified atom stereocenters. The molecular formula is C15H7ClF2N2O3S. The summed E-state index contributed by atoms with van der Waals surface area (Å²) in [5, 5.41) is 8.49. The standard InChI is InChI=1S/C15H7ClF2N2O3S/c16-15-12(23-10-4-8(17)3-9(18)5-10)1-2-13-14(15)11(21)6-24(13,22)20-7-19/h1-5H,6H2. The smallest absolute Gasteiger partial charge is 0.214 e. The second-order valence-electron chi connectivity index (χ2n) is 4.86. The Morgan fingerprint density at radius 1 is 1.25 bits per heavy atom. The van der Waals surface area contributed by atoms with Crippen molar-refractivity contribution in [3.8, 4) is 17.7 Å². The Hall–Kier alpha value is -2.50. The van der Waals surface area contributed by atoms with Crippen LogP contribution in [-0.4, -0.2) is 15.7 Å². The minimum atomic E-state index is -3.18. The second-order valence-corrected chi connectivity index (χ2v) is 7.43. The number of hydrogen-bond acceptors (Lipinski definition) is 5. The molecule has 0 amide bonds. The quantitative estimate of drug-likeness (QED) is 0.752. The first-order chi connectivity index (χ1) is 11.3. The first-order valence-electron chi connectivity index (χ1n) is 6.46. The fraction of sp³-hybridized carbons (Fsp3) is 0.0667. The molecule has 0 aliphatic carbocycles. The largest absolute Gasteiger partial charge is 0.456 e. The van der Waals surface area contributed by atoms with Crippen molar-refractivity contribution in [2.24, 2.45) is 4.36 Å². The summed E-state index contributed by atoms with van der Waals surface area (Å²) in [6, 6.07) is 5.18. The van der Waals surface area contributed by atoms with Gasteiger partial charge in [0.1, 0.15) is 28.9 Å². The number of fused-ring (bicyclic) bond motifs is 1. The van der Waals surface area contributed by atoms with Crippen molar-refractivity contribution in [3.63, 3.8) is 0 Å². The molecule has 0 bridgehead atoms. The molecule has 0 aromatic heterocycles. The van der Waals surface area contributed by atoms with Crippen LogP contribution in [0.3, 0.4) is 0 Å². The van der Waals surface area contributed by atoms with Gasteiger partial charge in [0, 0.05) is 18.2 Å². The molecule has 122 valence electrons. The van der Waals surface area contributed by atoms with Crippen molar-refractivity contribution >= 4 is 27.1 Å². The zero-order chi connectivity index (χ0) is 17.5. The molecule has 0 radical (unpaired) electrons. The Labute approximate surface area is 140 Å². The van der Waals surface area contributed by atoms with Crippen LogP contribution in [0.15, 0.2) is 39.6 Å². The summed E-state index contributed by atoms with van der Waals surface area (Å²) in [6.45, 7) is 0. The summed E-state index contributed by atoms with van der Waals surface area (Å²) in [6.07, 6.45) is 1.44. The highest BCUT2D eigenvalue weighted by Crippen LogP contribution is 2.40. The van der Waals surface area contributed by atoms with Gasteiger partial charge in [0.15, 0.2) is 5.78 Å². The van der Waals surface area contributed by atoms with Crippen LogP contribution in [-0.2, 0) is 9.73 Å². The molecule has 0 saturated heterocycles. The van der Waals surface area contributed by atoms with Gasteiger partial charge in [-0.3, -0.25) is 4.79 Å². The van der Waals surface area contributed by atoms with Gasteiger partial charge in [0.2, 0.25) is 6.19 Å². The monoisotopic (exact) mass is 368 g/mol. The lowest BCUT2D eigenvalue weighted by Crippen LogP contribution is -2.03. The number of halogens is 3. The van der Waals surface area contributed by atoms with Gasteiger partial charge in [0.05, 0.1) is 25.2 Å². The fourth-order valence-electron chi connectivity index (χ4n) is 2.33. The molecule has 1 atom stereocenters. The van der Waals surface area contributed by atoms with E-state index in [0.29, 0.717) is 6.07 Å². The van der Waals surface area contributed by atoms with Crippen LogP contribution >= 0.6 is 11.6 Å². The van der Waals surface area contributed by atoms with E-state index >= 15 is 0 Å². The third-order valence-electron chi connectivity index (χ3n) is 3.27. The molecule has 0 fully saturated rings. The van der Waals surface area contributed by atoms with Gasteiger partial charge in [-0.1, -0.05) is 11.6 Å².